The number of hydrogen-bond acceptors (Lipinski definition) is 3. The zero-order chi connectivity index (χ0) is 12.1. The summed E-state index contributed by atoms with van der Waals surface area (Å²) in [4.78, 5) is 15.3. The minimum absolute atomic E-state index is 0.104. The third kappa shape index (κ3) is 4.08. The summed E-state index contributed by atoms with van der Waals surface area (Å²) in [5.41, 5.74) is 0. The number of amides is 2. The second-order valence-corrected chi connectivity index (χ2v) is 3.94. The number of nitrogens with one attached hydrogen (secondary N) is 2. The van der Waals surface area contributed by atoms with Gasteiger partial charge in [-0.25, -0.2) is 4.79 Å². The topological polar surface area (TPSA) is 71.8 Å². The predicted molar refractivity (Wildman–Crippen MR) is 62.6 cm³/mol. The third-order valence-corrected chi connectivity index (χ3v) is 2.03. The number of rotatable bonds is 3. The van der Waals surface area contributed by atoms with Crippen molar-refractivity contribution in [3.05, 3.63) is 16.4 Å². The molecule has 6 nitrogen and oxygen atoms in total. The van der Waals surface area contributed by atoms with Crippen molar-refractivity contribution in [3.63, 3.8) is 0 Å². The largest absolute Gasteiger partial charge is 0.334 e. The molecule has 0 fully saturated rings. The highest BCUT2D eigenvalue weighted by atomic mass is 35.5. The van der Waals surface area contributed by atoms with Gasteiger partial charge in [-0.15, -0.1) is 5.10 Å². The van der Waals surface area contributed by atoms with E-state index in [1.165, 1.54) is 6.08 Å². The van der Waals surface area contributed by atoms with Crippen molar-refractivity contribution in [2.75, 3.05) is 11.9 Å². The Morgan fingerprint density at radius 1 is 1.56 bits per heavy atom. The van der Waals surface area contributed by atoms with Crippen LogP contribution in [0.15, 0.2) is 10.6 Å². The van der Waals surface area contributed by atoms with Gasteiger partial charge in [-0.2, -0.15) is 4.98 Å². The maximum Gasteiger partial charge on any atom is 0.321 e. The molecule has 88 valence electrons. The highest BCUT2D eigenvalue weighted by molar-refractivity contribution is 6.55. The molecule has 0 aromatic carbocycles. The Morgan fingerprint density at radius 3 is 2.75 bits per heavy atom. The van der Waals surface area contributed by atoms with Crippen molar-refractivity contribution in [1.82, 2.24) is 20.1 Å². The van der Waals surface area contributed by atoms with Crippen molar-refractivity contribution in [2.24, 2.45) is 7.05 Å². The van der Waals surface area contributed by atoms with E-state index in [1.54, 1.807) is 18.7 Å². The lowest BCUT2D eigenvalue weighted by molar-refractivity contribution is 0.253. The standard InChI is InChI=1S/C8H11Cl2N5O/c1-5-12-7(14-15(5)2)13-8(16)11-4-3-6(9)10/h3H,4H2,1-2H3,(H2,11,13,14,16). The van der Waals surface area contributed by atoms with Crippen molar-refractivity contribution in [1.29, 1.82) is 0 Å². The van der Waals surface area contributed by atoms with E-state index in [0.29, 0.717) is 5.82 Å². The summed E-state index contributed by atoms with van der Waals surface area (Å²) < 4.78 is 1.66. The third-order valence-electron chi connectivity index (χ3n) is 1.73. The van der Waals surface area contributed by atoms with Gasteiger partial charge in [0.05, 0.1) is 0 Å². The van der Waals surface area contributed by atoms with Gasteiger partial charge in [0.25, 0.3) is 0 Å². The van der Waals surface area contributed by atoms with Gasteiger partial charge in [0.15, 0.2) is 0 Å². The average Bonchev–Trinajstić information content (AvgIpc) is 2.44. The number of anilines is 1. The quantitative estimate of drug-likeness (QED) is 0.870. The fourth-order valence-corrected chi connectivity index (χ4v) is 1.04. The Labute approximate surface area is 103 Å². The average molecular weight is 264 g/mol. The Bertz CT molecular complexity index is 391. The van der Waals surface area contributed by atoms with Crippen LogP contribution in [0.2, 0.25) is 0 Å². The van der Waals surface area contributed by atoms with Crippen LogP contribution in [0.4, 0.5) is 10.7 Å². The lowest BCUT2D eigenvalue weighted by atomic mass is 10.6. The molecule has 2 amide bonds. The maximum absolute atomic E-state index is 11.3. The van der Waals surface area contributed by atoms with E-state index in [9.17, 15) is 4.79 Å². The first kappa shape index (κ1) is 12.8. The molecule has 0 saturated heterocycles. The number of nitrogens with zero attached hydrogens (tertiary/aromatic N) is 3. The number of carbonyl (C=O) groups is 1. The Morgan fingerprint density at radius 2 is 2.25 bits per heavy atom. The van der Waals surface area contributed by atoms with Gasteiger partial charge in [-0.05, 0) is 13.0 Å². The van der Waals surface area contributed by atoms with Crippen LogP contribution in [0.25, 0.3) is 0 Å². The van der Waals surface area contributed by atoms with E-state index < -0.39 is 6.03 Å². The van der Waals surface area contributed by atoms with E-state index in [-0.39, 0.29) is 17.0 Å². The van der Waals surface area contributed by atoms with Crippen LogP contribution in [-0.2, 0) is 7.05 Å². The molecule has 0 aliphatic heterocycles. The molecule has 1 aromatic rings. The van der Waals surface area contributed by atoms with Crippen LogP contribution >= 0.6 is 23.2 Å². The molecular weight excluding hydrogens is 253 g/mol. The number of halogens is 2. The van der Waals surface area contributed by atoms with Gasteiger partial charge in [0.1, 0.15) is 10.3 Å². The highest BCUT2D eigenvalue weighted by Gasteiger charge is 2.06. The monoisotopic (exact) mass is 263 g/mol. The summed E-state index contributed by atoms with van der Waals surface area (Å²) in [5, 5.41) is 8.93. The van der Waals surface area contributed by atoms with Crippen molar-refractivity contribution in [2.45, 2.75) is 6.92 Å². The number of aromatic nitrogens is 3. The summed E-state index contributed by atoms with van der Waals surface area (Å²) in [6.45, 7) is 2.02. The van der Waals surface area contributed by atoms with Crippen LogP contribution in [-0.4, -0.2) is 27.3 Å². The summed E-state index contributed by atoms with van der Waals surface area (Å²) in [6.07, 6.45) is 1.46. The van der Waals surface area contributed by atoms with Crippen LogP contribution in [0, 0.1) is 6.92 Å². The zero-order valence-corrected chi connectivity index (χ0v) is 10.3. The molecule has 0 aliphatic rings. The molecule has 1 rings (SSSR count). The Kier molecular flexibility index (Phi) is 4.57. The van der Waals surface area contributed by atoms with Gasteiger partial charge >= 0.3 is 6.03 Å². The van der Waals surface area contributed by atoms with E-state index >= 15 is 0 Å². The first-order valence-corrected chi connectivity index (χ1v) is 5.18. The zero-order valence-electron chi connectivity index (χ0n) is 8.79. The second kappa shape index (κ2) is 5.72. The highest BCUT2D eigenvalue weighted by Crippen LogP contribution is 2.04. The Balaban J connectivity index is 2.43. The molecule has 0 unspecified atom stereocenters. The fourth-order valence-electron chi connectivity index (χ4n) is 0.882. The predicted octanol–water partition coefficient (Wildman–Crippen LogP) is 1.56. The van der Waals surface area contributed by atoms with Crippen LogP contribution < -0.4 is 10.6 Å². The molecule has 1 aromatic heterocycles. The summed E-state index contributed by atoms with van der Waals surface area (Å²) >= 11 is 10.7. The number of urea groups is 1. The summed E-state index contributed by atoms with van der Waals surface area (Å²) in [7, 11) is 1.74. The lowest BCUT2D eigenvalue weighted by Gasteiger charge is -2.00. The molecule has 0 atom stereocenters. The number of carbonyl (C=O) groups excluding carboxylic acids is 1. The van der Waals surface area contributed by atoms with Gasteiger partial charge in [-0.3, -0.25) is 10.00 Å². The number of hydrogen-bond donors (Lipinski definition) is 2. The minimum Gasteiger partial charge on any atom is -0.334 e. The molecular formula is C8H11Cl2N5O. The summed E-state index contributed by atoms with van der Waals surface area (Å²) in [6, 6.07) is -0.420. The molecule has 0 radical (unpaired) electrons. The lowest BCUT2D eigenvalue weighted by Crippen LogP contribution is -2.29. The van der Waals surface area contributed by atoms with Gasteiger partial charge in [0, 0.05) is 13.6 Å². The minimum atomic E-state index is -0.420. The van der Waals surface area contributed by atoms with Gasteiger partial charge in [-0.1, -0.05) is 23.2 Å². The summed E-state index contributed by atoms with van der Waals surface area (Å²) in [5.74, 6) is 0.956. The first-order chi connectivity index (χ1) is 7.49. The fraction of sp³-hybridized carbons (Fsp3) is 0.375. The van der Waals surface area contributed by atoms with E-state index in [0.717, 1.165) is 0 Å². The SMILES string of the molecule is Cc1nc(NC(=O)NCC=C(Cl)Cl)nn1C. The maximum atomic E-state index is 11.3. The first-order valence-electron chi connectivity index (χ1n) is 4.42. The van der Waals surface area contributed by atoms with Gasteiger partial charge in [0.2, 0.25) is 5.95 Å². The van der Waals surface area contributed by atoms with Crippen molar-refractivity contribution in [3.8, 4) is 0 Å². The Hall–Kier alpha value is -1.27. The van der Waals surface area contributed by atoms with Crippen molar-refractivity contribution >= 4 is 35.2 Å². The van der Waals surface area contributed by atoms with Gasteiger partial charge < -0.3 is 5.32 Å². The molecule has 16 heavy (non-hydrogen) atoms. The van der Waals surface area contributed by atoms with E-state index in [2.05, 4.69) is 20.7 Å². The normalized spacial score (nSPS) is 9.75. The van der Waals surface area contributed by atoms with E-state index in [1.807, 2.05) is 0 Å². The molecule has 1 heterocycles. The molecule has 0 saturated carbocycles. The van der Waals surface area contributed by atoms with Crippen molar-refractivity contribution < 1.29 is 4.79 Å². The molecule has 0 bridgehead atoms. The van der Waals surface area contributed by atoms with Crippen LogP contribution in [0.1, 0.15) is 5.82 Å². The molecule has 2 N–H and O–H groups in total. The second-order valence-electron chi connectivity index (χ2n) is 2.94. The van der Waals surface area contributed by atoms with Crippen LogP contribution in [0.3, 0.4) is 0 Å². The molecule has 8 heteroatoms. The molecule has 0 aliphatic carbocycles. The smallest absolute Gasteiger partial charge is 0.321 e. The number of aryl methyl sites for hydroxylation is 2. The van der Waals surface area contributed by atoms with E-state index in [4.69, 9.17) is 23.2 Å². The molecule has 0 spiro atoms. The van der Waals surface area contributed by atoms with Crippen LogP contribution in [0.5, 0.6) is 0 Å².